The molecule has 11 rings (SSSR count). The molecule has 7 aromatic rings. The number of nitrogens with zero attached hydrogens (tertiary/aromatic N) is 2. The summed E-state index contributed by atoms with van der Waals surface area (Å²) in [6, 6.07) is 59.0. The lowest BCUT2D eigenvalue weighted by Gasteiger charge is -2.46. The van der Waals surface area contributed by atoms with Crippen LogP contribution in [0.1, 0.15) is 0 Å². The van der Waals surface area contributed by atoms with E-state index in [-0.39, 0.29) is 13.7 Å². The first-order valence-corrected chi connectivity index (χ1v) is 16.2. The molecule has 0 saturated heterocycles. The lowest BCUT2D eigenvalue weighted by molar-refractivity contribution is 1.33. The van der Waals surface area contributed by atoms with Gasteiger partial charge in [0.05, 0.1) is 0 Å². The molecule has 4 heteroatoms. The number of para-hydroxylation sites is 3. The Kier molecular flexibility index (Phi) is 4.77. The van der Waals surface area contributed by atoms with Crippen molar-refractivity contribution in [3.8, 4) is 44.5 Å². The molecule has 0 aliphatic carbocycles. The second-order valence-corrected chi connectivity index (χ2v) is 12.8. The van der Waals surface area contributed by atoms with E-state index in [2.05, 4.69) is 167 Å². The van der Waals surface area contributed by atoms with Crippen LogP contribution >= 0.6 is 0 Å². The second kappa shape index (κ2) is 8.93. The van der Waals surface area contributed by atoms with E-state index >= 15 is 0 Å². The Morgan fingerprint density at radius 1 is 0.261 bits per heavy atom. The predicted octanol–water partition coefficient (Wildman–Crippen LogP) is 7.50. The molecule has 46 heavy (non-hydrogen) atoms. The number of hydrogen-bond donors (Lipinski definition) is 0. The van der Waals surface area contributed by atoms with Gasteiger partial charge in [-0.05, 0) is 68.4 Å². The summed E-state index contributed by atoms with van der Waals surface area (Å²) in [6.45, 7) is 0.172. The molecule has 0 saturated carbocycles. The molecule has 0 N–H and O–H groups in total. The van der Waals surface area contributed by atoms with Gasteiger partial charge in [-0.3, -0.25) is 0 Å². The molecule has 2 nitrogen and oxygen atoms in total. The lowest BCUT2D eigenvalue weighted by atomic mass is 9.41. The highest BCUT2D eigenvalue weighted by Gasteiger charge is 2.46. The van der Waals surface area contributed by atoms with Crippen LogP contribution in [0.25, 0.3) is 44.5 Å². The number of fused-ring (bicyclic) bond motifs is 22. The smallest absolute Gasteiger partial charge is 0.329 e. The number of hydrogen-bond acceptors (Lipinski definition) is 2. The molecule has 7 aromatic carbocycles. The first kappa shape index (κ1) is 24.6. The maximum Gasteiger partial charge on any atom is 0.329 e. The average Bonchev–Trinajstić information content (AvgIpc) is 3.14. The summed E-state index contributed by atoms with van der Waals surface area (Å²) >= 11 is 0. The molecule has 0 unspecified atom stereocenters. The first-order chi connectivity index (χ1) is 22.9. The Hall–Kier alpha value is -5.73. The van der Waals surface area contributed by atoms with E-state index in [9.17, 15) is 0 Å². The Labute approximate surface area is 269 Å². The topological polar surface area (TPSA) is 6.48 Å². The number of anilines is 4. The zero-order chi connectivity index (χ0) is 29.9. The standard InChI is InChI=1S/C42H26B2N2/c1-7-19-35-27(13-1)31-17-5-11-23-40(31)46-42-26-33-32-18-6-12-24-41(32)45-39-22-10-4-16-30(39)28-14-2-8-20-36(28)44(45)38(33)25-34(42)29-15-3-9-21-37(29)43(35)46/h1-26H. The van der Waals surface area contributed by atoms with Gasteiger partial charge in [0.25, 0.3) is 0 Å². The summed E-state index contributed by atoms with van der Waals surface area (Å²) in [6.07, 6.45) is 0. The van der Waals surface area contributed by atoms with Crippen LogP contribution in [-0.4, -0.2) is 13.7 Å². The van der Waals surface area contributed by atoms with Crippen LogP contribution in [0.3, 0.4) is 0 Å². The highest BCUT2D eigenvalue weighted by Crippen LogP contribution is 2.50. The minimum absolute atomic E-state index is 0.0700. The van der Waals surface area contributed by atoms with E-state index in [1.807, 2.05) is 0 Å². The van der Waals surface area contributed by atoms with Gasteiger partial charge in [0.1, 0.15) is 0 Å². The van der Waals surface area contributed by atoms with Crippen LogP contribution < -0.4 is 31.5 Å². The van der Waals surface area contributed by atoms with Crippen molar-refractivity contribution in [3.63, 3.8) is 0 Å². The van der Waals surface area contributed by atoms with Crippen LogP contribution in [0, 0.1) is 0 Å². The van der Waals surface area contributed by atoms with Gasteiger partial charge in [0.15, 0.2) is 0 Å². The third kappa shape index (κ3) is 3.04. The van der Waals surface area contributed by atoms with E-state index in [1.54, 1.807) is 0 Å². The van der Waals surface area contributed by atoms with Crippen molar-refractivity contribution >= 4 is 58.3 Å². The molecule has 4 aliphatic rings. The first-order valence-electron chi connectivity index (χ1n) is 16.2. The van der Waals surface area contributed by atoms with Gasteiger partial charge in [0.2, 0.25) is 0 Å². The molecular weight excluding hydrogens is 554 g/mol. The van der Waals surface area contributed by atoms with Gasteiger partial charge in [-0.2, -0.15) is 0 Å². The highest BCUT2D eigenvalue weighted by atomic mass is 15.1. The quantitative estimate of drug-likeness (QED) is 0.172. The van der Waals surface area contributed by atoms with Gasteiger partial charge in [-0.1, -0.05) is 133 Å². The van der Waals surface area contributed by atoms with E-state index in [1.165, 1.54) is 89.1 Å². The van der Waals surface area contributed by atoms with Gasteiger partial charge in [-0.15, -0.1) is 0 Å². The molecule has 4 heterocycles. The highest BCUT2D eigenvalue weighted by molar-refractivity contribution is 6.94. The molecule has 210 valence electrons. The Morgan fingerprint density at radius 2 is 0.609 bits per heavy atom. The fourth-order valence-corrected chi connectivity index (χ4v) is 8.86. The molecular formula is C42H26B2N2. The number of benzene rings is 7. The summed E-state index contributed by atoms with van der Waals surface area (Å²) in [4.78, 5) is 5.21. The van der Waals surface area contributed by atoms with Gasteiger partial charge in [-0.25, -0.2) is 0 Å². The van der Waals surface area contributed by atoms with Crippen LogP contribution in [0.5, 0.6) is 0 Å². The van der Waals surface area contributed by atoms with Gasteiger partial charge in [0, 0.05) is 45.0 Å². The summed E-state index contributed by atoms with van der Waals surface area (Å²) in [7, 11) is 0. The van der Waals surface area contributed by atoms with Crippen LogP contribution in [0.4, 0.5) is 22.7 Å². The van der Waals surface area contributed by atoms with E-state index in [0.29, 0.717) is 0 Å². The normalized spacial score (nSPS) is 13.9. The SMILES string of the molecule is c1ccc2c(c1)B1c3cc4c(cc3-c3ccccc3N1c1ccccc1-2)N1B(c2ccccc2-c2ccccc21)c1ccccc1-4. The maximum absolute atomic E-state index is 2.62. The molecule has 0 fully saturated rings. The molecule has 0 atom stereocenters. The van der Waals surface area contributed by atoms with Crippen molar-refractivity contribution in [2.24, 2.45) is 0 Å². The van der Waals surface area contributed by atoms with Crippen molar-refractivity contribution < 1.29 is 0 Å². The molecule has 0 amide bonds. The Balaban J connectivity index is 1.25. The summed E-state index contributed by atoms with van der Waals surface area (Å²) in [5, 5.41) is 0. The largest absolute Gasteiger partial charge is 0.376 e. The Morgan fingerprint density at radius 3 is 1.11 bits per heavy atom. The molecule has 0 spiro atoms. The van der Waals surface area contributed by atoms with Crippen LogP contribution in [-0.2, 0) is 0 Å². The molecule has 0 aromatic heterocycles. The minimum atomic E-state index is 0.0700. The average molecular weight is 580 g/mol. The van der Waals surface area contributed by atoms with Crippen LogP contribution in [0.15, 0.2) is 158 Å². The fourth-order valence-electron chi connectivity index (χ4n) is 8.86. The monoisotopic (exact) mass is 580 g/mol. The summed E-state index contributed by atoms with van der Waals surface area (Å²) < 4.78 is 0. The summed E-state index contributed by atoms with van der Waals surface area (Å²) in [5.74, 6) is 0. The van der Waals surface area contributed by atoms with Crippen molar-refractivity contribution in [2.75, 3.05) is 9.62 Å². The predicted molar refractivity (Wildman–Crippen MR) is 195 cm³/mol. The molecule has 0 bridgehead atoms. The zero-order valence-electron chi connectivity index (χ0n) is 25.1. The second-order valence-electron chi connectivity index (χ2n) is 12.8. The Bertz CT molecular complexity index is 2260. The van der Waals surface area contributed by atoms with E-state index in [4.69, 9.17) is 0 Å². The van der Waals surface area contributed by atoms with Crippen LogP contribution in [0.2, 0.25) is 0 Å². The molecule has 4 aliphatic heterocycles. The zero-order valence-corrected chi connectivity index (χ0v) is 25.1. The third-order valence-electron chi connectivity index (χ3n) is 10.7. The summed E-state index contributed by atoms with van der Waals surface area (Å²) in [5.41, 5.74) is 21.0. The van der Waals surface area contributed by atoms with Gasteiger partial charge < -0.3 is 9.62 Å². The van der Waals surface area contributed by atoms with E-state index in [0.717, 1.165) is 0 Å². The minimum Gasteiger partial charge on any atom is -0.376 e. The van der Waals surface area contributed by atoms with Gasteiger partial charge >= 0.3 is 13.7 Å². The maximum atomic E-state index is 2.62. The fraction of sp³-hybridized carbons (Fsp3) is 0. The third-order valence-corrected chi connectivity index (χ3v) is 10.7. The van der Waals surface area contributed by atoms with Crippen molar-refractivity contribution in [3.05, 3.63) is 158 Å². The molecule has 0 radical (unpaired) electrons. The van der Waals surface area contributed by atoms with Crippen molar-refractivity contribution in [2.45, 2.75) is 0 Å². The van der Waals surface area contributed by atoms with Crippen molar-refractivity contribution in [1.82, 2.24) is 0 Å². The van der Waals surface area contributed by atoms with E-state index < -0.39 is 0 Å². The number of rotatable bonds is 0. The van der Waals surface area contributed by atoms with Crippen molar-refractivity contribution in [1.29, 1.82) is 0 Å². The lowest BCUT2D eigenvalue weighted by Crippen LogP contribution is -2.61.